The maximum atomic E-state index is 12.3. The van der Waals surface area contributed by atoms with Gasteiger partial charge in [-0.15, -0.1) is 0 Å². The number of benzene rings is 1. The molecule has 0 saturated carbocycles. The molecule has 1 atom stereocenters. The SMILES string of the molecule is CC1CCCCN1S(=O)(=O)NCc1ccccc1N. The number of hydrogen-bond acceptors (Lipinski definition) is 3. The molecule has 19 heavy (non-hydrogen) atoms. The van der Waals surface area contributed by atoms with Crippen molar-refractivity contribution in [2.45, 2.75) is 38.8 Å². The second kappa shape index (κ2) is 5.90. The van der Waals surface area contributed by atoms with Gasteiger partial charge < -0.3 is 5.73 Å². The summed E-state index contributed by atoms with van der Waals surface area (Å²) in [6.07, 6.45) is 2.95. The van der Waals surface area contributed by atoms with Gasteiger partial charge in [-0.05, 0) is 31.4 Å². The number of nitrogens with one attached hydrogen (secondary N) is 1. The molecule has 1 unspecified atom stereocenters. The summed E-state index contributed by atoms with van der Waals surface area (Å²) in [7, 11) is -3.42. The van der Waals surface area contributed by atoms with Crippen LogP contribution in [0.4, 0.5) is 5.69 Å². The molecule has 0 aliphatic carbocycles. The van der Waals surface area contributed by atoms with Crippen molar-refractivity contribution in [1.29, 1.82) is 0 Å². The van der Waals surface area contributed by atoms with Gasteiger partial charge in [-0.25, -0.2) is 0 Å². The van der Waals surface area contributed by atoms with Gasteiger partial charge in [0.1, 0.15) is 0 Å². The normalized spacial score (nSPS) is 21.4. The van der Waals surface area contributed by atoms with Crippen LogP contribution in [0.15, 0.2) is 24.3 Å². The molecule has 1 fully saturated rings. The Balaban J connectivity index is 2.03. The van der Waals surface area contributed by atoms with E-state index < -0.39 is 10.2 Å². The predicted molar refractivity (Wildman–Crippen MR) is 76.6 cm³/mol. The van der Waals surface area contributed by atoms with E-state index in [1.165, 1.54) is 0 Å². The van der Waals surface area contributed by atoms with Gasteiger partial charge in [-0.1, -0.05) is 24.6 Å². The lowest BCUT2D eigenvalue weighted by atomic mass is 10.1. The Morgan fingerprint density at radius 1 is 1.37 bits per heavy atom. The molecule has 5 nitrogen and oxygen atoms in total. The summed E-state index contributed by atoms with van der Waals surface area (Å²) in [5.41, 5.74) is 7.22. The highest BCUT2D eigenvalue weighted by Crippen LogP contribution is 2.19. The van der Waals surface area contributed by atoms with Crippen LogP contribution in [-0.4, -0.2) is 25.3 Å². The molecule has 2 rings (SSSR count). The van der Waals surface area contributed by atoms with Crippen LogP contribution >= 0.6 is 0 Å². The highest BCUT2D eigenvalue weighted by molar-refractivity contribution is 7.87. The van der Waals surface area contributed by atoms with E-state index in [1.54, 1.807) is 10.4 Å². The largest absolute Gasteiger partial charge is 0.398 e. The molecular weight excluding hydrogens is 262 g/mol. The summed E-state index contributed by atoms with van der Waals surface area (Å²) < 4.78 is 28.7. The first-order chi connectivity index (χ1) is 9.00. The quantitative estimate of drug-likeness (QED) is 0.822. The third kappa shape index (κ3) is 3.46. The lowest BCUT2D eigenvalue weighted by Crippen LogP contribution is -2.47. The Morgan fingerprint density at radius 3 is 2.79 bits per heavy atom. The summed E-state index contributed by atoms with van der Waals surface area (Å²) in [4.78, 5) is 0. The zero-order valence-corrected chi connectivity index (χ0v) is 12.0. The van der Waals surface area contributed by atoms with Gasteiger partial charge in [-0.3, -0.25) is 0 Å². The van der Waals surface area contributed by atoms with Gasteiger partial charge >= 0.3 is 0 Å². The number of hydrogen-bond donors (Lipinski definition) is 2. The number of piperidine rings is 1. The topological polar surface area (TPSA) is 75.4 Å². The second-order valence-electron chi connectivity index (χ2n) is 4.98. The van der Waals surface area contributed by atoms with Crippen molar-refractivity contribution in [3.63, 3.8) is 0 Å². The first-order valence-electron chi connectivity index (χ1n) is 6.60. The molecule has 0 radical (unpaired) electrons. The van der Waals surface area contributed by atoms with Crippen molar-refractivity contribution >= 4 is 15.9 Å². The minimum Gasteiger partial charge on any atom is -0.398 e. The number of nitrogen functional groups attached to an aromatic ring is 1. The van der Waals surface area contributed by atoms with Crippen molar-refractivity contribution < 1.29 is 8.42 Å². The van der Waals surface area contributed by atoms with E-state index in [4.69, 9.17) is 5.73 Å². The smallest absolute Gasteiger partial charge is 0.279 e. The van der Waals surface area contributed by atoms with E-state index in [9.17, 15) is 8.42 Å². The van der Waals surface area contributed by atoms with Crippen molar-refractivity contribution in [3.8, 4) is 0 Å². The lowest BCUT2D eigenvalue weighted by Gasteiger charge is -2.32. The Hall–Kier alpha value is -1.11. The minimum absolute atomic E-state index is 0.0689. The Morgan fingerprint density at radius 2 is 2.11 bits per heavy atom. The fourth-order valence-corrected chi connectivity index (χ4v) is 3.83. The first kappa shape index (κ1) is 14.3. The van der Waals surface area contributed by atoms with Gasteiger partial charge in [-0.2, -0.15) is 17.4 Å². The molecule has 1 saturated heterocycles. The van der Waals surface area contributed by atoms with Crippen LogP contribution in [0.1, 0.15) is 31.7 Å². The molecule has 0 spiro atoms. The van der Waals surface area contributed by atoms with Crippen LogP contribution in [0.5, 0.6) is 0 Å². The van der Waals surface area contributed by atoms with E-state index in [-0.39, 0.29) is 12.6 Å². The number of para-hydroxylation sites is 1. The van der Waals surface area contributed by atoms with Crippen LogP contribution in [0.3, 0.4) is 0 Å². The Labute approximate surface area is 115 Å². The van der Waals surface area contributed by atoms with Gasteiger partial charge in [0.05, 0.1) is 0 Å². The fraction of sp³-hybridized carbons (Fsp3) is 0.538. The number of nitrogens with zero attached hydrogens (tertiary/aromatic N) is 1. The first-order valence-corrected chi connectivity index (χ1v) is 8.04. The Kier molecular flexibility index (Phi) is 4.44. The summed E-state index contributed by atoms with van der Waals surface area (Å²) >= 11 is 0. The van der Waals surface area contributed by atoms with E-state index in [0.29, 0.717) is 12.2 Å². The van der Waals surface area contributed by atoms with E-state index in [2.05, 4.69) is 4.72 Å². The molecule has 3 N–H and O–H groups in total. The summed E-state index contributed by atoms with van der Waals surface area (Å²) in [5.74, 6) is 0. The van der Waals surface area contributed by atoms with Gasteiger partial charge in [0.15, 0.2) is 0 Å². The standard InChI is InChI=1S/C13H21N3O2S/c1-11-6-4-5-9-16(11)19(17,18)15-10-12-7-2-3-8-13(12)14/h2-3,7-8,11,15H,4-6,9-10,14H2,1H3. The molecule has 106 valence electrons. The predicted octanol–water partition coefficient (Wildman–Crippen LogP) is 1.48. The van der Waals surface area contributed by atoms with Gasteiger partial charge in [0.25, 0.3) is 10.2 Å². The molecule has 0 bridgehead atoms. The van der Waals surface area contributed by atoms with Gasteiger partial charge in [0.2, 0.25) is 0 Å². The Bertz CT molecular complexity index is 530. The molecular formula is C13H21N3O2S. The maximum Gasteiger partial charge on any atom is 0.279 e. The second-order valence-corrected chi connectivity index (χ2v) is 6.69. The molecule has 1 aromatic rings. The molecule has 0 amide bonds. The molecule has 1 aromatic carbocycles. The lowest BCUT2D eigenvalue weighted by molar-refractivity contribution is 0.265. The zero-order chi connectivity index (χ0) is 13.9. The van der Waals surface area contributed by atoms with Crippen molar-refractivity contribution in [2.24, 2.45) is 0 Å². The van der Waals surface area contributed by atoms with Crippen LogP contribution in [0.25, 0.3) is 0 Å². The molecule has 1 heterocycles. The van der Waals surface area contributed by atoms with E-state index in [1.807, 2.05) is 25.1 Å². The van der Waals surface area contributed by atoms with Crippen LogP contribution in [0, 0.1) is 0 Å². The summed E-state index contributed by atoms with van der Waals surface area (Å²) in [6.45, 7) is 2.79. The molecule has 1 aliphatic rings. The third-order valence-electron chi connectivity index (χ3n) is 3.55. The summed E-state index contributed by atoms with van der Waals surface area (Å²) in [6, 6.07) is 7.35. The van der Waals surface area contributed by atoms with Crippen LogP contribution in [0.2, 0.25) is 0 Å². The van der Waals surface area contributed by atoms with Crippen LogP contribution < -0.4 is 10.5 Å². The number of anilines is 1. The number of rotatable bonds is 4. The number of nitrogens with two attached hydrogens (primary N) is 1. The average molecular weight is 283 g/mol. The van der Waals surface area contributed by atoms with Crippen molar-refractivity contribution in [2.75, 3.05) is 12.3 Å². The van der Waals surface area contributed by atoms with Crippen molar-refractivity contribution in [1.82, 2.24) is 9.03 Å². The van der Waals surface area contributed by atoms with E-state index >= 15 is 0 Å². The van der Waals surface area contributed by atoms with Gasteiger partial charge in [0, 0.05) is 24.8 Å². The third-order valence-corrected chi connectivity index (χ3v) is 5.22. The van der Waals surface area contributed by atoms with E-state index in [0.717, 1.165) is 24.8 Å². The zero-order valence-electron chi connectivity index (χ0n) is 11.2. The molecule has 6 heteroatoms. The maximum absolute atomic E-state index is 12.3. The fourth-order valence-electron chi connectivity index (χ4n) is 2.38. The average Bonchev–Trinajstić information content (AvgIpc) is 2.38. The minimum atomic E-state index is -3.42. The highest BCUT2D eigenvalue weighted by atomic mass is 32.2. The molecule has 0 aromatic heterocycles. The summed E-state index contributed by atoms with van der Waals surface area (Å²) in [5, 5.41) is 0. The van der Waals surface area contributed by atoms with Crippen LogP contribution in [-0.2, 0) is 16.8 Å². The monoisotopic (exact) mass is 283 g/mol. The van der Waals surface area contributed by atoms with Crippen molar-refractivity contribution in [3.05, 3.63) is 29.8 Å². The molecule has 1 aliphatic heterocycles. The highest BCUT2D eigenvalue weighted by Gasteiger charge is 2.29.